The number of nitrogens with one attached hydrogen (secondary N) is 1. The summed E-state index contributed by atoms with van der Waals surface area (Å²) in [5.41, 5.74) is 1.19. The Bertz CT molecular complexity index is 899. The van der Waals surface area contributed by atoms with E-state index >= 15 is 0 Å². The van der Waals surface area contributed by atoms with Crippen molar-refractivity contribution in [2.24, 2.45) is 0 Å². The van der Waals surface area contributed by atoms with Gasteiger partial charge in [0.1, 0.15) is 0 Å². The third-order valence-corrected chi connectivity index (χ3v) is 5.88. The predicted molar refractivity (Wildman–Crippen MR) is 107 cm³/mol. The van der Waals surface area contributed by atoms with Crippen LogP contribution in [0.5, 0.6) is 0 Å². The summed E-state index contributed by atoms with van der Waals surface area (Å²) >= 11 is 1.67. The van der Waals surface area contributed by atoms with Crippen LogP contribution in [0.1, 0.15) is 25.8 Å². The zero-order chi connectivity index (χ0) is 17.6. The van der Waals surface area contributed by atoms with Gasteiger partial charge in [0.2, 0.25) is 0 Å². The minimum Gasteiger partial charge on any atom is -0.377 e. The lowest BCUT2D eigenvalue weighted by Crippen LogP contribution is -3.11. The van der Waals surface area contributed by atoms with Crippen molar-refractivity contribution in [3.8, 4) is 0 Å². The molecule has 0 fully saturated rings. The molecule has 0 aliphatic rings. The zero-order valence-corrected chi connectivity index (χ0v) is 15.8. The summed E-state index contributed by atoms with van der Waals surface area (Å²) in [4.78, 5) is 14.3. The van der Waals surface area contributed by atoms with Gasteiger partial charge in [0.05, 0.1) is 32.8 Å². The van der Waals surface area contributed by atoms with Crippen LogP contribution < -0.4 is 10.3 Å². The minimum atomic E-state index is 0.122. The van der Waals surface area contributed by atoms with Gasteiger partial charge in [0.25, 0.3) is 0 Å². The van der Waals surface area contributed by atoms with Crippen molar-refractivity contribution in [2.75, 3.05) is 26.2 Å². The molecule has 1 heterocycles. The highest BCUT2D eigenvalue weighted by atomic mass is 32.1. The molecule has 0 aliphatic carbocycles. The molecule has 0 bridgehead atoms. The average molecular weight is 357 g/mol. The molecule has 3 aromatic rings. The van der Waals surface area contributed by atoms with Gasteiger partial charge in [-0.25, -0.2) is 0 Å². The van der Waals surface area contributed by atoms with E-state index in [1.807, 2.05) is 36.4 Å². The van der Waals surface area contributed by atoms with E-state index in [2.05, 4.69) is 19.9 Å². The van der Waals surface area contributed by atoms with Gasteiger partial charge in [-0.1, -0.05) is 18.2 Å². The summed E-state index contributed by atoms with van der Waals surface area (Å²) in [6.45, 7) is 9.28. The lowest BCUT2D eigenvalue weighted by atomic mass is 10.1. The van der Waals surface area contributed by atoms with Crippen molar-refractivity contribution >= 4 is 31.5 Å². The van der Waals surface area contributed by atoms with Gasteiger partial charge >= 0.3 is 0 Å². The number of hydrogen-bond acceptors (Lipinski definition) is 3. The van der Waals surface area contributed by atoms with Crippen LogP contribution in [-0.2, 0) is 11.3 Å². The number of fused-ring (bicyclic) bond motifs is 2. The molecule has 0 amide bonds. The normalized spacial score (nSPS) is 11.6. The molecular weight excluding hydrogens is 330 g/mol. The molecule has 0 spiro atoms. The number of rotatable bonds is 8. The van der Waals surface area contributed by atoms with E-state index in [4.69, 9.17) is 4.74 Å². The Kier molecular flexibility index (Phi) is 6.19. The Morgan fingerprint density at radius 1 is 1.00 bits per heavy atom. The molecule has 0 radical (unpaired) electrons. The summed E-state index contributed by atoms with van der Waals surface area (Å²) in [6, 6.07) is 13.9. The molecule has 1 N–H and O–H groups in total. The summed E-state index contributed by atoms with van der Waals surface area (Å²) in [5.74, 6) is 0. The maximum Gasteiger partial charge on any atom is 0.195 e. The van der Waals surface area contributed by atoms with Crippen molar-refractivity contribution in [1.82, 2.24) is 0 Å². The highest BCUT2D eigenvalue weighted by Gasteiger charge is 2.07. The molecule has 0 saturated heterocycles. The molecular formula is C21H26NO2S+. The Morgan fingerprint density at radius 3 is 2.56 bits per heavy atom. The smallest absolute Gasteiger partial charge is 0.195 e. The molecule has 25 heavy (non-hydrogen) atoms. The van der Waals surface area contributed by atoms with Crippen LogP contribution in [0.15, 0.2) is 47.3 Å². The van der Waals surface area contributed by atoms with Gasteiger partial charge in [-0.05, 0) is 43.7 Å². The highest BCUT2D eigenvalue weighted by molar-refractivity contribution is 7.24. The Morgan fingerprint density at radius 2 is 1.76 bits per heavy atom. The fourth-order valence-corrected chi connectivity index (χ4v) is 4.21. The monoisotopic (exact) mass is 356 g/mol. The lowest BCUT2D eigenvalue weighted by molar-refractivity contribution is -0.896. The van der Waals surface area contributed by atoms with E-state index in [0.717, 1.165) is 45.3 Å². The third kappa shape index (κ3) is 4.27. The predicted octanol–water partition coefficient (Wildman–Crippen LogP) is 3.25. The summed E-state index contributed by atoms with van der Waals surface area (Å²) < 4.78 is 7.91. The van der Waals surface area contributed by atoms with Gasteiger partial charge in [-0.3, -0.25) is 4.79 Å². The van der Waals surface area contributed by atoms with Crippen LogP contribution in [0.25, 0.3) is 20.2 Å². The molecule has 0 unspecified atom stereocenters. The minimum absolute atomic E-state index is 0.122. The first kappa shape index (κ1) is 18.1. The number of hydrogen-bond donors (Lipinski definition) is 1. The average Bonchev–Trinajstić information content (AvgIpc) is 2.65. The number of ether oxygens (including phenoxy) is 1. The van der Waals surface area contributed by atoms with Gasteiger partial charge in [0, 0.05) is 26.6 Å². The lowest BCUT2D eigenvalue weighted by Gasteiger charge is -2.15. The van der Waals surface area contributed by atoms with Crippen LogP contribution in [0.3, 0.4) is 0 Å². The second-order valence-electron chi connectivity index (χ2n) is 6.37. The Hall–Kier alpha value is -1.75. The second-order valence-corrected chi connectivity index (χ2v) is 7.45. The van der Waals surface area contributed by atoms with Gasteiger partial charge < -0.3 is 9.64 Å². The first-order chi connectivity index (χ1) is 12.2. The fourth-order valence-electron chi connectivity index (χ4n) is 3.16. The fraction of sp³-hybridized carbons (Fsp3) is 0.381. The maximum absolute atomic E-state index is 12.7. The Labute approximate surface area is 152 Å². The van der Waals surface area contributed by atoms with Crippen LogP contribution in [0.4, 0.5) is 0 Å². The zero-order valence-electron chi connectivity index (χ0n) is 15.0. The van der Waals surface area contributed by atoms with Crippen LogP contribution in [0.2, 0.25) is 0 Å². The molecule has 0 atom stereocenters. The van der Waals surface area contributed by atoms with Crippen molar-refractivity contribution in [2.45, 2.75) is 26.9 Å². The SMILES string of the molecule is CC[NH+](CC)CCCOCc1ccc2sc3ccccc3c(=O)c2c1. The first-order valence-electron chi connectivity index (χ1n) is 9.08. The van der Waals surface area contributed by atoms with E-state index in [1.165, 1.54) is 13.1 Å². The standard InChI is InChI=1S/C21H25NO2S/c1-3-22(4-2)12-7-13-24-15-16-10-11-20-18(14-16)21(23)17-8-5-6-9-19(17)25-20/h5-6,8-11,14H,3-4,7,12-13,15H2,1-2H3/p+1. The molecule has 2 aromatic carbocycles. The molecule has 3 nitrogen and oxygen atoms in total. The maximum atomic E-state index is 12.7. The molecule has 3 rings (SSSR count). The topological polar surface area (TPSA) is 30.7 Å². The van der Waals surface area contributed by atoms with Crippen LogP contribution in [-0.4, -0.2) is 26.2 Å². The van der Waals surface area contributed by atoms with E-state index < -0.39 is 0 Å². The van der Waals surface area contributed by atoms with Crippen LogP contribution >= 0.6 is 11.3 Å². The van der Waals surface area contributed by atoms with Crippen molar-refractivity contribution < 1.29 is 9.64 Å². The summed E-state index contributed by atoms with van der Waals surface area (Å²) in [7, 11) is 0. The highest BCUT2D eigenvalue weighted by Crippen LogP contribution is 2.25. The molecule has 4 heteroatoms. The molecule has 1 aromatic heterocycles. The van der Waals surface area contributed by atoms with E-state index in [0.29, 0.717) is 6.61 Å². The van der Waals surface area contributed by atoms with E-state index in [9.17, 15) is 4.79 Å². The second kappa shape index (κ2) is 8.56. The molecule has 0 saturated carbocycles. The van der Waals surface area contributed by atoms with Crippen molar-refractivity contribution in [1.29, 1.82) is 0 Å². The van der Waals surface area contributed by atoms with Crippen LogP contribution in [0, 0.1) is 0 Å². The number of quaternary nitrogens is 1. The summed E-state index contributed by atoms with van der Waals surface area (Å²) in [5, 5.41) is 1.61. The van der Waals surface area contributed by atoms with Gasteiger partial charge in [-0.15, -0.1) is 11.3 Å². The first-order valence-corrected chi connectivity index (χ1v) is 9.90. The largest absolute Gasteiger partial charge is 0.377 e. The quantitative estimate of drug-likeness (QED) is 0.496. The summed E-state index contributed by atoms with van der Waals surface area (Å²) in [6.07, 6.45) is 1.07. The van der Waals surface area contributed by atoms with Gasteiger partial charge in [-0.2, -0.15) is 0 Å². The number of benzene rings is 2. The molecule has 0 aliphatic heterocycles. The Balaban J connectivity index is 1.68. The third-order valence-electron chi connectivity index (χ3n) is 4.73. The van der Waals surface area contributed by atoms with Crippen molar-refractivity contribution in [3.05, 3.63) is 58.3 Å². The van der Waals surface area contributed by atoms with E-state index in [-0.39, 0.29) is 5.43 Å². The van der Waals surface area contributed by atoms with Crippen molar-refractivity contribution in [3.63, 3.8) is 0 Å². The van der Waals surface area contributed by atoms with E-state index in [1.54, 1.807) is 16.2 Å². The molecule has 132 valence electrons. The van der Waals surface area contributed by atoms with Gasteiger partial charge in [0.15, 0.2) is 5.43 Å².